The van der Waals surface area contributed by atoms with Gasteiger partial charge in [-0.25, -0.2) is 0 Å². The standard InChI is InChI=1S/C14H27NO/c1-4-5-12(2)16-13-10-14(11-13)6-8-15(3)9-7-14/h12-13H,4-11H2,1-3H3. The normalized spacial score (nSPS) is 27.9. The van der Waals surface area contributed by atoms with Crippen LogP contribution in [0, 0.1) is 5.41 Å². The Morgan fingerprint density at radius 1 is 1.31 bits per heavy atom. The molecule has 0 bridgehead atoms. The van der Waals surface area contributed by atoms with Gasteiger partial charge in [-0.1, -0.05) is 13.3 Å². The molecular formula is C14H27NO. The number of rotatable bonds is 4. The topological polar surface area (TPSA) is 12.5 Å². The van der Waals surface area contributed by atoms with Gasteiger partial charge in [-0.2, -0.15) is 0 Å². The van der Waals surface area contributed by atoms with Crippen LogP contribution in [-0.2, 0) is 4.74 Å². The molecule has 0 aromatic heterocycles. The van der Waals surface area contributed by atoms with Crippen molar-refractivity contribution in [1.29, 1.82) is 0 Å². The van der Waals surface area contributed by atoms with Gasteiger partial charge in [0, 0.05) is 0 Å². The molecule has 0 amide bonds. The molecule has 0 radical (unpaired) electrons. The lowest BCUT2D eigenvalue weighted by Crippen LogP contribution is -2.49. The third-order valence-electron chi connectivity index (χ3n) is 4.49. The quantitative estimate of drug-likeness (QED) is 0.729. The van der Waals surface area contributed by atoms with Gasteiger partial charge in [0.15, 0.2) is 0 Å². The van der Waals surface area contributed by atoms with Gasteiger partial charge in [0.25, 0.3) is 0 Å². The van der Waals surface area contributed by atoms with Crippen LogP contribution in [0.15, 0.2) is 0 Å². The molecule has 1 aliphatic heterocycles. The Kier molecular flexibility index (Phi) is 3.91. The van der Waals surface area contributed by atoms with E-state index in [1.807, 2.05) is 0 Å². The van der Waals surface area contributed by atoms with Gasteiger partial charge in [-0.3, -0.25) is 0 Å². The molecule has 1 saturated heterocycles. The van der Waals surface area contributed by atoms with E-state index in [0.717, 1.165) is 0 Å². The van der Waals surface area contributed by atoms with Gasteiger partial charge in [-0.15, -0.1) is 0 Å². The molecule has 0 N–H and O–H groups in total. The summed E-state index contributed by atoms with van der Waals surface area (Å²) in [4.78, 5) is 2.46. The van der Waals surface area contributed by atoms with Crippen LogP contribution in [-0.4, -0.2) is 37.2 Å². The zero-order chi connectivity index (χ0) is 11.6. The zero-order valence-corrected chi connectivity index (χ0v) is 11.2. The Balaban J connectivity index is 1.69. The second-order valence-electron chi connectivity index (χ2n) is 6.07. The minimum atomic E-state index is 0.471. The molecule has 94 valence electrons. The predicted octanol–water partition coefficient (Wildman–Crippen LogP) is 3.07. The first-order valence-electron chi connectivity index (χ1n) is 6.97. The summed E-state index contributed by atoms with van der Waals surface area (Å²) in [5.74, 6) is 0. The summed E-state index contributed by atoms with van der Waals surface area (Å²) in [5, 5.41) is 0. The second kappa shape index (κ2) is 5.05. The highest BCUT2D eigenvalue weighted by Crippen LogP contribution is 2.50. The van der Waals surface area contributed by atoms with E-state index in [9.17, 15) is 0 Å². The van der Waals surface area contributed by atoms with Crippen molar-refractivity contribution in [3.8, 4) is 0 Å². The van der Waals surface area contributed by atoms with Crippen molar-refractivity contribution in [2.24, 2.45) is 5.41 Å². The van der Waals surface area contributed by atoms with Crippen molar-refractivity contribution >= 4 is 0 Å². The molecule has 1 spiro atoms. The first kappa shape index (κ1) is 12.4. The van der Waals surface area contributed by atoms with Crippen molar-refractivity contribution in [3.05, 3.63) is 0 Å². The fraction of sp³-hybridized carbons (Fsp3) is 1.00. The van der Waals surface area contributed by atoms with E-state index < -0.39 is 0 Å². The van der Waals surface area contributed by atoms with Crippen molar-refractivity contribution in [3.63, 3.8) is 0 Å². The Bertz CT molecular complexity index is 213. The van der Waals surface area contributed by atoms with Crippen molar-refractivity contribution in [2.45, 2.75) is 64.6 Å². The van der Waals surface area contributed by atoms with E-state index in [2.05, 4.69) is 25.8 Å². The van der Waals surface area contributed by atoms with Crippen LogP contribution < -0.4 is 0 Å². The van der Waals surface area contributed by atoms with Crippen LogP contribution in [0.1, 0.15) is 52.4 Å². The van der Waals surface area contributed by atoms with Crippen LogP contribution in [0.25, 0.3) is 0 Å². The van der Waals surface area contributed by atoms with E-state index in [1.54, 1.807) is 0 Å². The number of likely N-dealkylation sites (tertiary alicyclic amines) is 1. The maximum atomic E-state index is 6.07. The molecule has 1 heterocycles. The Morgan fingerprint density at radius 2 is 1.94 bits per heavy atom. The predicted molar refractivity (Wildman–Crippen MR) is 67.6 cm³/mol. The van der Waals surface area contributed by atoms with Gasteiger partial charge in [0.2, 0.25) is 0 Å². The van der Waals surface area contributed by atoms with Gasteiger partial charge in [-0.05, 0) is 64.6 Å². The van der Waals surface area contributed by atoms with Crippen molar-refractivity contribution in [2.75, 3.05) is 20.1 Å². The SMILES string of the molecule is CCCC(C)OC1CC2(CCN(C)CC2)C1. The summed E-state index contributed by atoms with van der Waals surface area (Å²) in [7, 11) is 2.24. The molecule has 16 heavy (non-hydrogen) atoms. The molecular weight excluding hydrogens is 198 g/mol. The minimum absolute atomic E-state index is 0.471. The average Bonchev–Trinajstić information content (AvgIpc) is 2.19. The van der Waals surface area contributed by atoms with Crippen LogP contribution in [0.2, 0.25) is 0 Å². The van der Waals surface area contributed by atoms with Crippen molar-refractivity contribution in [1.82, 2.24) is 4.90 Å². The smallest absolute Gasteiger partial charge is 0.0589 e. The first-order chi connectivity index (χ1) is 7.63. The van der Waals surface area contributed by atoms with E-state index in [1.165, 1.54) is 51.6 Å². The van der Waals surface area contributed by atoms with E-state index in [0.29, 0.717) is 17.6 Å². The van der Waals surface area contributed by atoms with E-state index in [-0.39, 0.29) is 0 Å². The first-order valence-corrected chi connectivity index (χ1v) is 6.97. The molecule has 2 nitrogen and oxygen atoms in total. The van der Waals surface area contributed by atoms with Crippen LogP contribution >= 0.6 is 0 Å². The summed E-state index contributed by atoms with van der Waals surface area (Å²) in [5.41, 5.74) is 0.670. The molecule has 1 saturated carbocycles. The van der Waals surface area contributed by atoms with Gasteiger partial charge >= 0.3 is 0 Å². The maximum Gasteiger partial charge on any atom is 0.0589 e. The molecule has 2 rings (SSSR count). The molecule has 1 aliphatic carbocycles. The molecule has 2 aliphatic rings. The molecule has 0 aromatic carbocycles. The summed E-state index contributed by atoms with van der Waals surface area (Å²) in [6, 6.07) is 0. The van der Waals surface area contributed by atoms with Gasteiger partial charge in [0.1, 0.15) is 0 Å². The highest BCUT2D eigenvalue weighted by molar-refractivity contribution is 4.97. The average molecular weight is 225 g/mol. The van der Waals surface area contributed by atoms with Crippen LogP contribution in [0.4, 0.5) is 0 Å². The fourth-order valence-corrected chi connectivity index (χ4v) is 3.31. The van der Waals surface area contributed by atoms with E-state index in [4.69, 9.17) is 4.74 Å². The lowest BCUT2D eigenvalue weighted by Gasteiger charge is -2.52. The maximum absolute atomic E-state index is 6.07. The fourth-order valence-electron chi connectivity index (χ4n) is 3.31. The Morgan fingerprint density at radius 3 is 2.50 bits per heavy atom. The summed E-state index contributed by atoms with van der Waals surface area (Å²) in [6.07, 6.45) is 8.94. The third-order valence-corrected chi connectivity index (χ3v) is 4.49. The molecule has 1 unspecified atom stereocenters. The Labute approximate surface area is 100 Å². The van der Waals surface area contributed by atoms with Crippen LogP contribution in [0.5, 0.6) is 0 Å². The third kappa shape index (κ3) is 2.78. The monoisotopic (exact) mass is 225 g/mol. The highest BCUT2D eigenvalue weighted by Gasteiger charge is 2.46. The number of piperidine rings is 1. The summed E-state index contributed by atoms with van der Waals surface area (Å²) < 4.78 is 6.07. The Hall–Kier alpha value is -0.0800. The van der Waals surface area contributed by atoms with Gasteiger partial charge in [0.05, 0.1) is 12.2 Å². The number of hydrogen-bond acceptors (Lipinski definition) is 2. The number of nitrogens with zero attached hydrogens (tertiary/aromatic N) is 1. The highest BCUT2D eigenvalue weighted by atomic mass is 16.5. The molecule has 2 heteroatoms. The minimum Gasteiger partial charge on any atom is -0.375 e. The number of hydrogen-bond donors (Lipinski definition) is 0. The van der Waals surface area contributed by atoms with Crippen molar-refractivity contribution < 1.29 is 4.74 Å². The van der Waals surface area contributed by atoms with Crippen LogP contribution in [0.3, 0.4) is 0 Å². The zero-order valence-electron chi connectivity index (χ0n) is 11.2. The molecule has 1 atom stereocenters. The summed E-state index contributed by atoms with van der Waals surface area (Å²) >= 11 is 0. The molecule has 2 fully saturated rings. The second-order valence-corrected chi connectivity index (χ2v) is 6.07. The summed E-state index contributed by atoms with van der Waals surface area (Å²) in [6.45, 7) is 7.04. The molecule has 0 aromatic rings. The lowest BCUT2D eigenvalue weighted by atomic mass is 9.61. The lowest BCUT2D eigenvalue weighted by molar-refractivity contribution is -0.127. The van der Waals surface area contributed by atoms with Gasteiger partial charge < -0.3 is 9.64 Å². The number of ether oxygens (including phenoxy) is 1. The van der Waals surface area contributed by atoms with E-state index >= 15 is 0 Å². The largest absolute Gasteiger partial charge is 0.375 e.